The maximum absolute atomic E-state index is 12.9. The normalized spacial score (nSPS) is 27.8. The summed E-state index contributed by atoms with van der Waals surface area (Å²) in [6.45, 7) is 3.48. The number of sulfonamides is 1. The Morgan fingerprint density at radius 2 is 1.75 bits per heavy atom. The van der Waals surface area contributed by atoms with Crippen LogP contribution in [0.3, 0.4) is 0 Å². The van der Waals surface area contributed by atoms with E-state index in [9.17, 15) is 13.2 Å². The molecule has 2 bridgehead atoms. The van der Waals surface area contributed by atoms with Crippen LogP contribution in [0.2, 0.25) is 0 Å². The standard InChI is InChI=1S/C20H27N3O3S2/c1-14(24)16-4-6-18(7-5-16)28(25,26)23-10-8-22(9-11-23)20(27)21-19-13-15-2-3-17(19)12-15/h4-7,15,17,19H,2-3,8-13H2,1H3,(H,21,27)/t15-,17-,19-/m0/s1. The Labute approximate surface area is 172 Å². The minimum absolute atomic E-state index is 0.0749. The third kappa shape index (κ3) is 3.82. The number of ketones is 1. The lowest BCUT2D eigenvalue weighted by Crippen LogP contribution is -2.54. The van der Waals surface area contributed by atoms with Crippen molar-refractivity contribution in [1.29, 1.82) is 0 Å². The fraction of sp³-hybridized carbons (Fsp3) is 0.600. The first kappa shape index (κ1) is 19.8. The summed E-state index contributed by atoms with van der Waals surface area (Å²) < 4.78 is 27.3. The predicted molar refractivity (Wildman–Crippen MR) is 112 cm³/mol. The highest BCUT2D eigenvalue weighted by Crippen LogP contribution is 2.44. The topological polar surface area (TPSA) is 69.7 Å². The van der Waals surface area contributed by atoms with Crippen molar-refractivity contribution in [2.45, 2.75) is 43.5 Å². The van der Waals surface area contributed by atoms with Crippen LogP contribution in [0.25, 0.3) is 0 Å². The van der Waals surface area contributed by atoms with Gasteiger partial charge in [-0.1, -0.05) is 18.6 Å². The van der Waals surface area contributed by atoms with Crippen LogP contribution >= 0.6 is 12.2 Å². The molecule has 1 aromatic rings. The number of nitrogens with zero attached hydrogens (tertiary/aromatic N) is 2. The van der Waals surface area contributed by atoms with Crippen molar-refractivity contribution in [2.75, 3.05) is 26.2 Å². The summed E-state index contributed by atoms with van der Waals surface area (Å²) in [5.74, 6) is 1.54. The van der Waals surface area contributed by atoms with Crippen LogP contribution in [-0.2, 0) is 10.0 Å². The van der Waals surface area contributed by atoms with Gasteiger partial charge < -0.3 is 10.2 Å². The van der Waals surface area contributed by atoms with E-state index in [1.54, 1.807) is 12.1 Å². The maximum Gasteiger partial charge on any atom is 0.243 e. The molecule has 0 amide bonds. The Balaban J connectivity index is 1.34. The fourth-order valence-corrected chi connectivity index (χ4v) is 6.57. The number of nitrogens with one attached hydrogen (secondary N) is 1. The van der Waals surface area contributed by atoms with Gasteiger partial charge in [-0.25, -0.2) is 8.42 Å². The van der Waals surface area contributed by atoms with Crippen LogP contribution in [0, 0.1) is 11.8 Å². The van der Waals surface area contributed by atoms with Gasteiger partial charge in [-0.2, -0.15) is 4.31 Å². The van der Waals surface area contributed by atoms with Crippen molar-refractivity contribution in [3.8, 4) is 0 Å². The number of carbonyl (C=O) groups excluding carboxylic acids is 1. The second-order valence-electron chi connectivity index (χ2n) is 8.20. The molecular weight excluding hydrogens is 394 g/mol. The van der Waals surface area contributed by atoms with E-state index in [0.29, 0.717) is 37.8 Å². The third-order valence-corrected chi connectivity index (χ3v) is 8.76. The molecule has 2 saturated carbocycles. The number of hydrogen-bond acceptors (Lipinski definition) is 4. The van der Waals surface area contributed by atoms with E-state index in [2.05, 4.69) is 10.2 Å². The Hall–Kier alpha value is -1.51. The molecule has 1 N–H and O–H groups in total. The number of piperazine rings is 1. The second kappa shape index (κ2) is 7.72. The molecule has 1 heterocycles. The monoisotopic (exact) mass is 421 g/mol. The Bertz CT molecular complexity index is 861. The molecule has 3 fully saturated rings. The second-order valence-corrected chi connectivity index (χ2v) is 10.5. The van der Waals surface area contributed by atoms with Crippen LogP contribution in [0.4, 0.5) is 0 Å². The quantitative estimate of drug-likeness (QED) is 0.594. The number of rotatable bonds is 4. The minimum atomic E-state index is -3.55. The van der Waals surface area contributed by atoms with Crippen molar-refractivity contribution in [1.82, 2.24) is 14.5 Å². The highest BCUT2D eigenvalue weighted by Gasteiger charge is 2.40. The SMILES string of the molecule is CC(=O)c1ccc(S(=O)(=O)N2CCN(C(=S)N[C@H]3C[C@H]4CC[C@H]3C4)CC2)cc1. The van der Waals surface area contributed by atoms with Gasteiger partial charge in [0.1, 0.15) is 0 Å². The lowest BCUT2D eigenvalue weighted by Gasteiger charge is -2.37. The number of hydrogen-bond donors (Lipinski definition) is 1. The first-order valence-corrected chi connectivity index (χ1v) is 11.9. The molecule has 1 saturated heterocycles. The average molecular weight is 422 g/mol. The van der Waals surface area contributed by atoms with Gasteiger partial charge >= 0.3 is 0 Å². The molecule has 152 valence electrons. The first-order valence-electron chi connectivity index (χ1n) is 10.0. The highest BCUT2D eigenvalue weighted by molar-refractivity contribution is 7.89. The molecular formula is C20H27N3O3S2. The fourth-order valence-electron chi connectivity index (χ4n) is 4.81. The van der Waals surface area contributed by atoms with E-state index in [0.717, 1.165) is 16.9 Å². The Kier molecular flexibility index (Phi) is 5.46. The molecule has 3 atom stereocenters. The number of carbonyl (C=O) groups is 1. The van der Waals surface area contributed by atoms with E-state index in [1.165, 1.54) is 49.0 Å². The van der Waals surface area contributed by atoms with Crippen molar-refractivity contribution >= 4 is 33.1 Å². The zero-order valence-corrected chi connectivity index (χ0v) is 17.8. The van der Waals surface area contributed by atoms with Crippen LogP contribution in [-0.4, -0.2) is 60.7 Å². The van der Waals surface area contributed by atoms with Crippen molar-refractivity contribution < 1.29 is 13.2 Å². The largest absolute Gasteiger partial charge is 0.360 e. The van der Waals surface area contributed by atoms with E-state index in [-0.39, 0.29) is 10.7 Å². The first-order chi connectivity index (χ1) is 13.3. The zero-order valence-electron chi connectivity index (χ0n) is 16.1. The molecule has 0 unspecified atom stereocenters. The number of benzene rings is 1. The van der Waals surface area contributed by atoms with Crippen LogP contribution in [0.5, 0.6) is 0 Å². The number of fused-ring (bicyclic) bond motifs is 2. The van der Waals surface area contributed by atoms with Gasteiger partial charge in [0.15, 0.2) is 10.9 Å². The Morgan fingerprint density at radius 3 is 2.29 bits per heavy atom. The molecule has 0 radical (unpaired) electrons. The highest BCUT2D eigenvalue weighted by atomic mass is 32.2. The molecule has 4 rings (SSSR count). The predicted octanol–water partition coefficient (Wildman–Crippen LogP) is 2.26. The lowest BCUT2D eigenvalue weighted by atomic mass is 9.95. The smallest absolute Gasteiger partial charge is 0.243 e. The van der Waals surface area contributed by atoms with Gasteiger partial charge in [-0.05, 0) is 62.4 Å². The summed E-state index contributed by atoms with van der Waals surface area (Å²) in [5.41, 5.74) is 0.515. The van der Waals surface area contributed by atoms with Gasteiger partial charge in [0.25, 0.3) is 0 Å². The van der Waals surface area contributed by atoms with E-state index >= 15 is 0 Å². The molecule has 6 nitrogen and oxygen atoms in total. The molecule has 3 aliphatic rings. The minimum Gasteiger partial charge on any atom is -0.360 e. The van der Waals surface area contributed by atoms with Gasteiger partial charge in [0.05, 0.1) is 4.90 Å². The summed E-state index contributed by atoms with van der Waals surface area (Å²) >= 11 is 5.61. The lowest BCUT2D eigenvalue weighted by molar-refractivity contribution is 0.101. The molecule has 8 heteroatoms. The van der Waals surface area contributed by atoms with Gasteiger partial charge in [0.2, 0.25) is 10.0 Å². The molecule has 0 aromatic heterocycles. The zero-order chi connectivity index (χ0) is 19.9. The molecule has 28 heavy (non-hydrogen) atoms. The Morgan fingerprint density at radius 1 is 1.07 bits per heavy atom. The van der Waals surface area contributed by atoms with E-state index in [4.69, 9.17) is 12.2 Å². The van der Waals surface area contributed by atoms with Crippen LogP contribution in [0.15, 0.2) is 29.2 Å². The molecule has 1 aromatic carbocycles. The van der Waals surface area contributed by atoms with E-state index < -0.39 is 10.0 Å². The molecule has 2 aliphatic carbocycles. The van der Waals surface area contributed by atoms with Crippen molar-refractivity contribution in [2.24, 2.45) is 11.8 Å². The van der Waals surface area contributed by atoms with Crippen LogP contribution in [0.1, 0.15) is 43.0 Å². The van der Waals surface area contributed by atoms with Crippen molar-refractivity contribution in [3.63, 3.8) is 0 Å². The summed E-state index contributed by atoms with van der Waals surface area (Å²) in [4.78, 5) is 13.7. The van der Waals surface area contributed by atoms with Crippen LogP contribution < -0.4 is 5.32 Å². The summed E-state index contributed by atoms with van der Waals surface area (Å²) in [6.07, 6.45) is 5.21. The third-order valence-electron chi connectivity index (χ3n) is 6.47. The van der Waals surface area contributed by atoms with Gasteiger partial charge in [0, 0.05) is 37.8 Å². The number of Topliss-reactive ketones (excluding diaryl/α,β-unsaturated/α-hetero) is 1. The van der Waals surface area contributed by atoms with Gasteiger partial charge in [-0.3, -0.25) is 4.79 Å². The summed E-state index contributed by atoms with van der Waals surface area (Å²) in [7, 11) is -3.55. The molecule has 0 spiro atoms. The maximum atomic E-state index is 12.9. The van der Waals surface area contributed by atoms with E-state index in [1.807, 2.05) is 0 Å². The number of thiocarbonyl (C=S) groups is 1. The summed E-state index contributed by atoms with van der Waals surface area (Å²) in [6, 6.07) is 6.66. The van der Waals surface area contributed by atoms with Gasteiger partial charge in [-0.15, -0.1) is 0 Å². The molecule has 1 aliphatic heterocycles. The average Bonchev–Trinajstić information content (AvgIpc) is 3.31. The van der Waals surface area contributed by atoms with Crippen molar-refractivity contribution in [3.05, 3.63) is 29.8 Å². The summed E-state index contributed by atoms with van der Waals surface area (Å²) in [5, 5.41) is 4.30.